The van der Waals surface area contributed by atoms with Crippen LogP contribution in [-0.4, -0.2) is 35.6 Å². The van der Waals surface area contributed by atoms with E-state index in [9.17, 15) is 5.26 Å². The second-order valence-corrected chi connectivity index (χ2v) is 6.30. The van der Waals surface area contributed by atoms with Crippen molar-refractivity contribution in [3.05, 3.63) is 0 Å². The molecule has 1 aliphatic heterocycles. The summed E-state index contributed by atoms with van der Waals surface area (Å²) in [5, 5.41) is 13.3. The molecule has 0 aromatic carbocycles. The van der Waals surface area contributed by atoms with Crippen LogP contribution in [0.3, 0.4) is 0 Å². The number of nitrogens with zero attached hydrogens (tertiary/aromatic N) is 2. The van der Waals surface area contributed by atoms with Crippen molar-refractivity contribution >= 4 is 0 Å². The molecule has 2 fully saturated rings. The minimum atomic E-state index is -0.251. The predicted octanol–water partition coefficient (Wildman–Crippen LogP) is 2.68. The molecule has 3 heteroatoms. The number of nitriles is 1. The second kappa shape index (κ2) is 6.04. The number of hydrogen-bond donors (Lipinski definition) is 1. The number of nitrogens with one attached hydrogen (secondary N) is 1. The first-order valence-electron chi connectivity index (χ1n) is 7.58. The molecule has 1 saturated carbocycles. The first-order chi connectivity index (χ1) is 8.65. The van der Waals surface area contributed by atoms with E-state index >= 15 is 0 Å². The summed E-state index contributed by atoms with van der Waals surface area (Å²) in [7, 11) is 0. The van der Waals surface area contributed by atoms with Crippen molar-refractivity contribution in [3.63, 3.8) is 0 Å². The van der Waals surface area contributed by atoms with E-state index in [2.05, 4.69) is 30.1 Å². The minimum Gasteiger partial charge on any atom is -0.301 e. The molecule has 1 heterocycles. The van der Waals surface area contributed by atoms with E-state index in [1.54, 1.807) is 0 Å². The predicted molar refractivity (Wildman–Crippen MR) is 74.3 cm³/mol. The van der Waals surface area contributed by atoms with Crippen LogP contribution in [0.25, 0.3) is 0 Å². The highest BCUT2D eigenvalue weighted by Gasteiger charge is 2.35. The molecule has 0 radical (unpaired) electrons. The van der Waals surface area contributed by atoms with Gasteiger partial charge in [0.2, 0.25) is 0 Å². The van der Waals surface area contributed by atoms with Crippen molar-refractivity contribution in [2.45, 2.75) is 76.4 Å². The van der Waals surface area contributed by atoms with E-state index in [1.165, 1.54) is 25.7 Å². The van der Waals surface area contributed by atoms with E-state index in [-0.39, 0.29) is 5.54 Å². The lowest BCUT2D eigenvalue weighted by Gasteiger charge is -2.30. The zero-order valence-electron chi connectivity index (χ0n) is 11.9. The molecule has 0 spiro atoms. The van der Waals surface area contributed by atoms with Crippen LogP contribution in [0.5, 0.6) is 0 Å². The van der Waals surface area contributed by atoms with Gasteiger partial charge in [-0.2, -0.15) is 5.26 Å². The monoisotopic (exact) mass is 249 g/mol. The maximum atomic E-state index is 9.62. The third-order valence-electron chi connectivity index (χ3n) is 4.65. The number of rotatable bonds is 3. The Bertz CT molecular complexity index is 301. The van der Waals surface area contributed by atoms with Gasteiger partial charge in [0.25, 0.3) is 0 Å². The average Bonchev–Trinajstić information content (AvgIpc) is 2.75. The van der Waals surface area contributed by atoms with Crippen LogP contribution in [0.1, 0.15) is 58.8 Å². The molecule has 0 aromatic rings. The Balaban J connectivity index is 1.96. The lowest BCUT2D eigenvalue weighted by atomic mass is 9.91. The molecule has 1 aliphatic carbocycles. The first-order valence-corrected chi connectivity index (χ1v) is 7.58. The van der Waals surface area contributed by atoms with Crippen LogP contribution in [0, 0.1) is 11.3 Å². The van der Waals surface area contributed by atoms with Gasteiger partial charge in [0, 0.05) is 18.6 Å². The fraction of sp³-hybridized carbons (Fsp3) is 0.933. The Labute approximate surface area is 112 Å². The Morgan fingerprint density at radius 1 is 1.17 bits per heavy atom. The molecule has 2 aliphatic rings. The van der Waals surface area contributed by atoms with Gasteiger partial charge in [-0.25, -0.2) is 0 Å². The number of likely N-dealkylation sites (tertiary alicyclic amines) is 1. The first kappa shape index (κ1) is 13.8. The highest BCUT2D eigenvalue weighted by atomic mass is 15.2. The van der Waals surface area contributed by atoms with Gasteiger partial charge < -0.3 is 4.90 Å². The minimum absolute atomic E-state index is 0.251. The van der Waals surface area contributed by atoms with Crippen LogP contribution in [0.15, 0.2) is 0 Å². The molecule has 1 atom stereocenters. The van der Waals surface area contributed by atoms with E-state index < -0.39 is 0 Å². The van der Waals surface area contributed by atoms with Crippen LogP contribution in [0.2, 0.25) is 0 Å². The van der Waals surface area contributed by atoms with Crippen molar-refractivity contribution in [1.82, 2.24) is 10.2 Å². The van der Waals surface area contributed by atoms with Crippen molar-refractivity contribution < 1.29 is 0 Å². The quantitative estimate of drug-likeness (QED) is 0.836. The molecule has 0 bridgehead atoms. The molecular formula is C15H27N3. The molecule has 1 unspecified atom stereocenters. The Kier molecular flexibility index (Phi) is 4.64. The fourth-order valence-electron chi connectivity index (χ4n) is 3.42. The average molecular weight is 249 g/mol. The van der Waals surface area contributed by atoms with E-state index in [0.29, 0.717) is 12.1 Å². The summed E-state index contributed by atoms with van der Waals surface area (Å²) < 4.78 is 0. The lowest BCUT2D eigenvalue weighted by Crippen LogP contribution is -2.49. The summed E-state index contributed by atoms with van der Waals surface area (Å²) in [4.78, 5) is 2.51. The van der Waals surface area contributed by atoms with Crippen molar-refractivity contribution in [2.75, 3.05) is 13.1 Å². The normalized spacial score (nSPS) is 31.4. The summed E-state index contributed by atoms with van der Waals surface area (Å²) >= 11 is 0. The zero-order chi connectivity index (χ0) is 13.0. The molecule has 0 aromatic heterocycles. The molecule has 0 amide bonds. The van der Waals surface area contributed by atoms with E-state index in [0.717, 1.165) is 32.4 Å². The van der Waals surface area contributed by atoms with Gasteiger partial charge in [0.1, 0.15) is 5.54 Å². The van der Waals surface area contributed by atoms with Gasteiger partial charge in [-0.1, -0.05) is 12.8 Å². The highest BCUT2D eigenvalue weighted by Crippen LogP contribution is 2.27. The van der Waals surface area contributed by atoms with E-state index in [4.69, 9.17) is 0 Å². The van der Waals surface area contributed by atoms with Crippen molar-refractivity contribution in [3.8, 4) is 6.07 Å². The van der Waals surface area contributed by atoms with Crippen LogP contribution in [0.4, 0.5) is 0 Å². The molecule has 18 heavy (non-hydrogen) atoms. The zero-order valence-corrected chi connectivity index (χ0v) is 11.9. The van der Waals surface area contributed by atoms with Crippen molar-refractivity contribution in [2.24, 2.45) is 0 Å². The second-order valence-electron chi connectivity index (χ2n) is 6.30. The Hall–Kier alpha value is -0.590. The third kappa shape index (κ3) is 3.24. The summed E-state index contributed by atoms with van der Waals surface area (Å²) in [6, 6.07) is 3.80. The maximum Gasteiger partial charge on any atom is 0.108 e. The maximum absolute atomic E-state index is 9.62. The van der Waals surface area contributed by atoms with Gasteiger partial charge in [-0.3, -0.25) is 5.32 Å². The summed E-state index contributed by atoms with van der Waals surface area (Å²) in [6.45, 7) is 6.71. The summed E-state index contributed by atoms with van der Waals surface area (Å²) in [5.41, 5.74) is -0.251. The molecule has 1 N–H and O–H groups in total. The van der Waals surface area contributed by atoms with Crippen LogP contribution in [-0.2, 0) is 0 Å². The molecule has 3 nitrogen and oxygen atoms in total. The Morgan fingerprint density at radius 3 is 2.50 bits per heavy atom. The van der Waals surface area contributed by atoms with Gasteiger partial charge in [0.15, 0.2) is 0 Å². The fourth-order valence-corrected chi connectivity index (χ4v) is 3.42. The van der Waals surface area contributed by atoms with Crippen LogP contribution >= 0.6 is 0 Å². The smallest absolute Gasteiger partial charge is 0.108 e. The van der Waals surface area contributed by atoms with Crippen molar-refractivity contribution in [1.29, 1.82) is 5.26 Å². The van der Waals surface area contributed by atoms with Gasteiger partial charge >= 0.3 is 0 Å². The number of hydrogen-bond acceptors (Lipinski definition) is 3. The molecule has 2 rings (SSSR count). The molecular weight excluding hydrogens is 222 g/mol. The largest absolute Gasteiger partial charge is 0.301 e. The van der Waals surface area contributed by atoms with Crippen LogP contribution < -0.4 is 5.32 Å². The van der Waals surface area contributed by atoms with E-state index in [1.807, 2.05) is 0 Å². The highest BCUT2D eigenvalue weighted by molar-refractivity contribution is 5.10. The third-order valence-corrected chi connectivity index (χ3v) is 4.65. The molecule has 102 valence electrons. The summed E-state index contributed by atoms with van der Waals surface area (Å²) in [5.74, 6) is 0. The van der Waals surface area contributed by atoms with Gasteiger partial charge in [-0.05, 0) is 52.5 Å². The topological polar surface area (TPSA) is 39.1 Å². The Morgan fingerprint density at radius 2 is 1.89 bits per heavy atom. The van der Waals surface area contributed by atoms with Gasteiger partial charge in [-0.15, -0.1) is 0 Å². The summed E-state index contributed by atoms with van der Waals surface area (Å²) in [6.07, 6.45) is 8.33. The SMILES string of the molecule is CC(C)N1CCCC(C#N)(NC2CCCC2)CC1. The standard InChI is InChI=1S/C15H27N3/c1-13(2)18-10-5-8-15(12-16,9-11-18)17-14-6-3-4-7-14/h13-14,17H,3-11H2,1-2H3. The molecule has 1 saturated heterocycles. The van der Waals surface area contributed by atoms with Gasteiger partial charge in [0.05, 0.1) is 6.07 Å². The lowest BCUT2D eigenvalue weighted by molar-refractivity contribution is 0.223.